The van der Waals surface area contributed by atoms with E-state index < -0.39 is 0 Å². The Labute approximate surface area is 217 Å². The maximum absolute atomic E-state index is 13.2. The molecule has 0 saturated carbocycles. The van der Waals surface area contributed by atoms with Crippen molar-refractivity contribution in [3.05, 3.63) is 108 Å². The normalized spacial score (nSPS) is 11.1. The van der Waals surface area contributed by atoms with Crippen LogP contribution >= 0.6 is 0 Å². The quantitative estimate of drug-likeness (QED) is 0.345. The van der Waals surface area contributed by atoms with E-state index in [0.717, 1.165) is 16.9 Å². The second-order valence-corrected chi connectivity index (χ2v) is 9.80. The molecule has 2 amide bonds. The summed E-state index contributed by atoms with van der Waals surface area (Å²) in [5, 5.41) is 7.72. The first kappa shape index (κ1) is 25.7. The van der Waals surface area contributed by atoms with Gasteiger partial charge in [-0.1, -0.05) is 87.5 Å². The van der Waals surface area contributed by atoms with E-state index in [4.69, 9.17) is 9.84 Å². The number of carbonyl (C=O) groups is 2. The van der Waals surface area contributed by atoms with E-state index in [9.17, 15) is 9.59 Å². The highest BCUT2D eigenvalue weighted by Crippen LogP contribution is 2.26. The summed E-state index contributed by atoms with van der Waals surface area (Å²) < 4.78 is 7.39. The molecule has 37 heavy (non-hydrogen) atoms. The van der Waals surface area contributed by atoms with Crippen LogP contribution in [-0.4, -0.2) is 39.6 Å². The molecule has 0 saturated heterocycles. The molecular weight excluding hydrogens is 464 g/mol. The van der Waals surface area contributed by atoms with Gasteiger partial charge in [-0.15, -0.1) is 0 Å². The first-order valence-electron chi connectivity index (χ1n) is 12.2. The van der Waals surface area contributed by atoms with Crippen molar-refractivity contribution in [2.24, 2.45) is 0 Å². The van der Waals surface area contributed by atoms with Gasteiger partial charge < -0.3 is 15.0 Å². The summed E-state index contributed by atoms with van der Waals surface area (Å²) in [6.07, 6.45) is 0. The number of hydrogen-bond acceptors (Lipinski definition) is 4. The van der Waals surface area contributed by atoms with Crippen LogP contribution in [0, 0.1) is 0 Å². The summed E-state index contributed by atoms with van der Waals surface area (Å²) in [4.78, 5) is 27.9. The number of anilines is 1. The minimum Gasteiger partial charge on any atom is -0.484 e. The van der Waals surface area contributed by atoms with Gasteiger partial charge in [0.1, 0.15) is 18.1 Å². The fourth-order valence-corrected chi connectivity index (χ4v) is 3.75. The Morgan fingerprint density at radius 1 is 0.892 bits per heavy atom. The third-order valence-corrected chi connectivity index (χ3v) is 5.75. The first-order chi connectivity index (χ1) is 17.8. The van der Waals surface area contributed by atoms with Gasteiger partial charge >= 0.3 is 0 Å². The van der Waals surface area contributed by atoms with Crippen molar-refractivity contribution < 1.29 is 14.3 Å². The van der Waals surface area contributed by atoms with E-state index in [1.165, 1.54) is 4.90 Å². The zero-order chi connectivity index (χ0) is 26.3. The summed E-state index contributed by atoms with van der Waals surface area (Å²) >= 11 is 0. The van der Waals surface area contributed by atoms with Crippen LogP contribution in [0.2, 0.25) is 0 Å². The summed E-state index contributed by atoms with van der Waals surface area (Å²) in [5.41, 5.74) is 2.40. The Morgan fingerprint density at radius 3 is 2.11 bits per heavy atom. The minimum atomic E-state index is -0.318. The Balaban J connectivity index is 1.53. The molecule has 0 spiro atoms. The second kappa shape index (κ2) is 11.6. The van der Waals surface area contributed by atoms with Gasteiger partial charge in [-0.2, -0.15) is 5.10 Å². The molecule has 0 radical (unpaired) electrons. The van der Waals surface area contributed by atoms with Crippen molar-refractivity contribution in [1.29, 1.82) is 0 Å². The highest BCUT2D eigenvalue weighted by atomic mass is 16.5. The van der Waals surface area contributed by atoms with Crippen molar-refractivity contribution in [2.75, 3.05) is 18.5 Å². The van der Waals surface area contributed by atoms with Crippen molar-refractivity contribution in [2.45, 2.75) is 32.7 Å². The van der Waals surface area contributed by atoms with Gasteiger partial charge in [-0.05, 0) is 29.8 Å². The van der Waals surface area contributed by atoms with Gasteiger partial charge in [0.05, 0.1) is 11.4 Å². The third-order valence-electron chi connectivity index (χ3n) is 5.75. The van der Waals surface area contributed by atoms with E-state index in [1.54, 1.807) is 16.8 Å². The molecule has 0 unspecified atom stereocenters. The number of benzene rings is 3. The molecule has 0 aliphatic rings. The van der Waals surface area contributed by atoms with Gasteiger partial charge in [-0.3, -0.25) is 9.59 Å². The van der Waals surface area contributed by atoms with E-state index in [-0.39, 0.29) is 36.9 Å². The van der Waals surface area contributed by atoms with E-state index in [0.29, 0.717) is 11.6 Å². The fraction of sp³-hybridized carbons (Fsp3) is 0.233. The Kier molecular flexibility index (Phi) is 8.03. The highest BCUT2D eigenvalue weighted by Gasteiger charge is 2.23. The van der Waals surface area contributed by atoms with Crippen molar-refractivity contribution in [3.63, 3.8) is 0 Å². The van der Waals surface area contributed by atoms with Crippen LogP contribution in [0.5, 0.6) is 5.75 Å². The summed E-state index contributed by atoms with van der Waals surface area (Å²) in [6, 6.07) is 30.3. The van der Waals surface area contributed by atoms with Gasteiger partial charge in [0.15, 0.2) is 6.61 Å². The highest BCUT2D eigenvalue weighted by molar-refractivity contribution is 5.94. The zero-order valence-corrected chi connectivity index (χ0v) is 21.4. The topological polar surface area (TPSA) is 76.5 Å². The lowest BCUT2D eigenvalue weighted by Gasteiger charge is -2.22. The van der Waals surface area contributed by atoms with Gasteiger partial charge in [0.25, 0.3) is 5.91 Å². The molecule has 0 aliphatic carbocycles. The van der Waals surface area contributed by atoms with Gasteiger partial charge in [-0.25, -0.2) is 4.68 Å². The zero-order valence-electron chi connectivity index (χ0n) is 21.4. The Bertz CT molecular complexity index is 1310. The SMILES string of the molecule is CC(C)(C)c1cc(NC(=O)CN(Cc2ccccc2)C(=O)COc2ccccc2)n(-c2ccccc2)n1. The molecule has 1 aromatic heterocycles. The molecule has 7 heteroatoms. The van der Waals surface area contributed by atoms with Crippen molar-refractivity contribution in [3.8, 4) is 11.4 Å². The molecular formula is C30H32N4O3. The molecule has 0 atom stereocenters. The number of rotatable bonds is 9. The number of nitrogens with one attached hydrogen (secondary N) is 1. The molecule has 1 N–H and O–H groups in total. The maximum Gasteiger partial charge on any atom is 0.261 e. The van der Waals surface area contributed by atoms with Crippen LogP contribution in [0.1, 0.15) is 32.0 Å². The van der Waals surface area contributed by atoms with E-state index in [2.05, 4.69) is 26.1 Å². The molecule has 1 heterocycles. The molecule has 4 aromatic rings. The molecule has 190 valence electrons. The molecule has 3 aromatic carbocycles. The van der Waals surface area contributed by atoms with Crippen molar-refractivity contribution in [1.82, 2.24) is 14.7 Å². The van der Waals surface area contributed by atoms with Crippen LogP contribution in [-0.2, 0) is 21.5 Å². The number of para-hydroxylation sites is 2. The van der Waals surface area contributed by atoms with E-state index in [1.807, 2.05) is 84.9 Å². The molecule has 4 rings (SSSR count). The monoisotopic (exact) mass is 496 g/mol. The lowest BCUT2D eigenvalue weighted by molar-refractivity contribution is -0.137. The van der Waals surface area contributed by atoms with Gasteiger partial charge in [0.2, 0.25) is 5.91 Å². The second-order valence-electron chi connectivity index (χ2n) is 9.80. The number of carbonyl (C=O) groups excluding carboxylic acids is 2. The lowest BCUT2D eigenvalue weighted by Crippen LogP contribution is -2.40. The Hall–Kier alpha value is -4.39. The maximum atomic E-state index is 13.2. The molecule has 7 nitrogen and oxygen atoms in total. The predicted octanol–water partition coefficient (Wildman–Crippen LogP) is 5.22. The number of ether oxygens (including phenoxy) is 1. The number of hydrogen-bond donors (Lipinski definition) is 1. The summed E-state index contributed by atoms with van der Waals surface area (Å²) in [5.74, 6) is 0.548. The summed E-state index contributed by atoms with van der Waals surface area (Å²) in [6.45, 7) is 6.21. The van der Waals surface area contributed by atoms with Crippen LogP contribution in [0.15, 0.2) is 97.1 Å². The lowest BCUT2D eigenvalue weighted by atomic mass is 9.92. The van der Waals surface area contributed by atoms with Gasteiger partial charge in [0, 0.05) is 18.0 Å². The van der Waals surface area contributed by atoms with E-state index >= 15 is 0 Å². The average Bonchev–Trinajstić information content (AvgIpc) is 3.33. The summed E-state index contributed by atoms with van der Waals surface area (Å²) in [7, 11) is 0. The van der Waals surface area contributed by atoms with Crippen LogP contribution in [0.3, 0.4) is 0 Å². The van der Waals surface area contributed by atoms with Crippen LogP contribution in [0.25, 0.3) is 5.69 Å². The van der Waals surface area contributed by atoms with Crippen LogP contribution in [0.4, 0.5) is 5.82 Å². The average molecular weight is 497 g/mol. The molecule has 0 fully saturated rings. The number of nitrogens with zero attached hydrogens (tertiary/aromatic N) is 3. The predicted molar refractivity (Wildman–Crippen MR) is 145 cm³/mol. The number of amides is 2. The number of aromatic nitrogens is 2. The third kappa shape index (κ3) is 7.07. The largest absolute Gasteiger partial charge is 0.484 e. The Morgan fingerprint density at radius 2 is 1.49 bits per heavy atom. The fourth-order valence-electron chi connectivity index (χ4n) is 3.75. The first-order valence-corrected chi connectivity index (χ1v) is 12.2. The minimum absolute atomic E-state index is 0.128. The standard InChI is InChI=1S/C30H32N4O3/c1-30(2,3)26-19-27(34(32-26)24-15-9-5-10-16-24)31-28(35)21-33(20-23-13-7-4-8-14-23)29(36)22-37-25-17-11-6-12-18-25/h4-19H,20-22H2,1-3H3,(H,31,35). The molecule has 0 bridgehead atoms. The smallest absolute Gasteiger partial charge is 0.261 e. The molecule has 0 aliphatic heterocycles. The van der Waals surface area contributed by atoms with Crippen LogP contribution < -0.4 is 10.1 Å². The van der Waals surface area contributed by atoms with Crippen molar-refractivity contribution >= 4 is 17.6 Å².